The molecule has 3 amide bonds. The second-order valence-electron chi connectivity index (χ2n) is 4.78. The van der Waals surface area contributed by atoms with Crippen molar-refractivity contribution in [3.8, 4) is 0 Å². The maximum atomic E-state index is 12.3. The number of nitrogens with zero attached hydrogens (tertiary/aromatic N) is 2. The van der Waals surface area contributed by atoms with Crippen molar-refractivity contribution in [2.24, 2.45) is 5.92 Å². The fraction of sp³-hybridized carbons (Fsp3) is 0.833. The second-order valence-corrected chi connectivity index (χ2v) is 4.78. The molecule has 2 heterocycles. The molecule has 2 rings (SSSR count). The zero-order valence-corrected chi connectivity index (χ0v) is 10.9. The Hall–Kier alpha value is -1.30. The lowest BCUT2D eigenvalue weighted by Gasteiger charge is -2.37. The van der Waals surface area contributed by atoms with Gasteiger partial charge in [0.1, 0.15) is 0 Å². The van der Waals surface area contributed by atoms with Crippen LogP contribution in [0.2, 0.25) is 0 Å². The van der Waals surface area contributed by atoms with E-state index in [1.807, 2.05) is 4.90 Å². The third-order valence-corrected chi connectivity index (χ3v) is 3.59. The van der Waals surface area contributed by atoms with Gasteiger partial charge in [0.25, 0.3) is 0 Å². The van der Waals surface area contributed by atoms with Crippen molar-refractivity contribution in [2.75, 3.05) is 46.4 Å². The first-order valence-electron chi connectivity index (χ1n) is 6.55. The molecule has 2 saturated heterocycles. The molecule has 18 heavy (non-hydrogen) atoms. The standard InChI is InChI=1S/C12H21N3O3/c1-13-11(16)10-3-2-4-15(9-10)12(17)14-5-7-18-8-6-14/h10H,2-9H2,1H3,(H,13,16). The third kappa shape index (κ3) is 2.93. The molecule has 102 valence electrons. The SMILES string of the molecule is CNC(=O)C1CCCN(C(=O)N2CCOCC2)C1. The van der Waals surface area contributed by atoms with Gasteiger partial charge < -0.3 is 19.9 Å². The van der Waals surface area contributed by atoms with Gasteiger partial charge in [0.2, 0.25) is 5.91 Å². The summed E-state index contributed by atoms with van der Waals surface area (Å²) in [6, 6.07) is 0.0481. The fourth-order valence-corrected chi connectivity index (χ4v) is 2.52. The van der Waals surface area contributed by atoms with Crippen molar-refractivity contribution in [2.45, 2.75) is 12.8 Å². The summed E-state index contributed by atoms with van der Waals surface area (Å²) in [5, 5.41) is 2.66. The van der Waals surface area contributed by atoms with Crippen LogP contribution in [0.1, 0.15) is 12.8 Å². The van der Waals surface area contributed by atoms with E-state index in [1.54, 1.807) is 11.9 Å². The highest BCUT2D eigenvalue weighted by molar-refractivity contribution is 5.80. The zero-order valence-electron chi connectivity index (χ0n) is 10.9. The number of hydrogen-bond acceptors (Lipinski definition) is 3. The first-order valence-corrected chi connectivity index (χ1v) is 6.55. The Morgan fingerprint density at radius 3 is 2.56 bits per heavy atom. The van der Waals surface area contributed by atoms with E-state index in [4.69, 9.17) is 4.74 Å². The molecular weight excluding hydrogens is 234 g/mol. The van der Waals surface area contributed by atoms with E-state index in [0.29, 0.717) is 32.8 Å². The van der Waals surface area contributed by atoms with Crippen molar-refractivity contribution in [1.82, 2.24) is 15.1 Å². The quantitative estimate of drug-likeness (QED) is 0.711. The van der Waals surface area contributed by atoms with Gasteiger partial charge >= 0.3 is 6.03 Å². The van der Waals surface area contributed by atoms with Crippen LogP contribution in [0.15, 0.2) is 0 Å². The van der Waals surface area contributed by atoms with Gasteiger partial charge in [-0.15, -0.1) is 0 Å². The molecule has 0 radical (unpaired) electrons. The molecule has 0 saturated carbocycles. The highest BCUT2D eigenvalue weighted by Gasteiger charge is 2.30. The third-order valence-electron chi connectivity index (χ3n) is 3.59. The number of nitrogens with one attached hydrogen (secondary N) is 1. The summed E-state index contributed by atoms with van der Waals surface area (Å²) in [7, 11) is 1.64. The molecule has 0 bridgehead atoms. The monoisotopic (exact) mass is 255 g/mol. The first kappa shape index (κ1) is 13.1. The van der Waals surface area contributed by atoms with Crippen LogP contribution in [0.5, 0.6) is 0 Å². The van der Waals surface area contributed by atoms with Crippen LogP contribution in [0.4, 0.5) is 4.79 Å². The van der Waals surface area contributed by atoms with Gasteiger partial charge in [0.15, 0.2) is 0 Å². The number of urea groups is 1. The molecule has 2 aliphatic heterocycles. The second kappa shape index (κ2) is 6.04. The minimum atomic E-state index is -0.0614. The predicted molar refractivity (Wildman–Crippen MR) is 66.2 cm³/mol. The van der Waals surface area contributed by atoms with E-state index < -0.39 is 0 Å². The number of carbonyl (C=O) groups is 2. The number of hydrogen-bond donors (Lipinski definition) is 1. The van der Waals surface area contributed by atoms with E-state index >= 15 is 0 Å². The van der Waals surface area contributed by atoms with E-state index in [9.17, 15) is 9.59 Å². The molecule has 1 atom stereocenters. The number of amides is 3. The van der Waals surface area contributed by atoms with E-state index in [1.165, 1.54) is 0 Å². The van der Waals surface area contributed by atoms with Gasteiger partial charge in [-0.05, 0) is 12.8 Å². The highest BCUT2D eigenvalue weighted by atomic mass is 16.5. The van der Waals surface area contributed by atoms with Crippen molar-refractivity contribution in [1.29, 1.82) is 0 Å². The van der Waals surface area contributed by atoms with Gasteiger partial charge in [-0.25, -0.2) is 4.79 Å². The van der Waals surface area contributed by atoms with E-state index in [-0.39, 0.29) is 17.9 Å². The Balaban J connectivity index is 1.91. The molecule has 0 aromatic heterocycles. The van der Waals surface area contributed by atoms with E-state index in [0.717, 1.165) is 19.4 Å². The maximum Gasteiger partial charge on any atom is 0.320 e. The van der Waals surface area contributed by atoms with Crippen LogP contribution in [-0.4, -0.2) is 68.2 Å². The number of rotatable bonds is 1. The Labute approximate surface area is 107 Å². The van der Waals surface area contributed by atoms with Gasteiger partial charge in [-0.3, -0.25) is 4.79 Å². The predicted octanol–water partition coefficient (Wildman–Crippen LogP) is -0.103. The van der Waals surface area contributed by atoms with Gasteiger partial charge in [0.05, 0.1) is 19.1 Å². The van der Waals surface area contributed by atoms with E-state index in [2.05, 4.69) is 5.32 Å². The van der Waals surface area contributed by atoms with Crippen molar-refractivity contribution in [3.05, 3.63) is 0 Å². The lowest BCUT2D eigenvalue weighted by molar-refractivity contribution is -0.125. The molecule has 2 aliphatic rings. The summed E-state index contributed by atoms with van der Waals surface area (Å²) in [6.07, 6.45) is 1.76. The lowest BCUT2D eigenvalue weighted by Crippen LogP contribution is -2.52. The Kier molecular flexibility index (Phi) is 4.41. The smallest absolute Gasteiger partial charge is 0.320 e. The summed E-state index contributed by atoms with van der Waals surface area (Å²) in [5.74, 6) is -0.0248. The van der Waals surface area contributed by atoms with Crippen molar-refractivity contribution >= 4 is 11.9 Å². The van der Waals surface area contributed by atoms with Crippen LogP contribution in [0.25, 0.3) is 0 Å². The Bertz CT molecular complexity index is 316. The first-order chi connectivity index (χ1) is 8.72. The molecule has 6 heteroatoms. The summed E-state index contributed by atoms with van der Waals surface area (Å²) in [4.78, 5) is 27.5. The molecule has 6 nitrogen and oxygen atoms in total. The molecule has 2 fully saturated rings. The topological polar surface area (TPSA) is 61.9 Å². The van der Waals surface area contributed by atoms with Crippen LogP contribution in [0, 0.1) is 5.92 Å². The van der Waals surface area contributed by atoms with Gasteiger partial charge in [-0.1, -0.05) is 0 Å². The number of ether oxygens (including phenoxy) is 1. The normalized spacial score (nSPS) is 24.8. The van der Waals surface area contributed by atoms with Crippen LogP contribution < -0.4 is 5.32 Å². The molecule has 0 aliphatic carbocycles. The molecule has 1 N–H and O–H groups in total. The van der Waals surface area contributed by atoms with Gasteiger partial charge in [0, 0.05) is 33.2 Å². The van der Waals surface area contributed by atoms with Crippen LogP contribution >= 0.6 is 0 Å². The summed E-state index contributed by atoms with van der Waals surface area (Å²) in [5.41, 5.74) is 0. The largest absolute Gasteiger partial charge is 0.378 e. The van der Waals surface area contributed by atoms with Crippen LogP contribution in [-0.2, 0) is 9.53 Å². The summed E-state index contributed by atoms with van der Waals surface area (Å²) in [6.45, 7) is 3.82. The Morgan fingerprint density at radius 1 is 1.17 bits per heavy atom. The number of carbonyl (C=O) groups excluding carboxylic acids is 2. The summed E-state index contributed by atoms with van der Waals surface area (Å²) >= 11 is 0. The lowest BCUT2D eigenvalue weighted by atomic mass is 9.97. The maximum absolute atomic E-state index is 12.3. The minimum Gasteiger partial charge on any atom is -0.378 e. The molecule has 1 unspecified atom stereocenters. The number of likely N-dealkylation sites (tertiary alicyclic amines) is 1. The Morgan fingerprint density at radius 2 is 1.89 bits per heavy atom. The van der Waals surface area contributed by atoms with Crippen molar-refractivity contribution < 1.29 is 14.3 Å². The molecule has 0 spiro atoms. The number of piperidine rings is 1. The molecular formula is C12H21N3O3. The number of morpholine rings is 1. The molecule has 0 aromatic carbocycles. The molecule has 0 aromatic rings. The highest BCUT2D eigenvalue weighted by Crippen LogP contribution is 2.18. The zero-order chi connectivity index (χ0) is 13.0. The van der Waals surface area contributed by atoms with Crippen LogP contribution in [0.3, 0.4) is 0 Å². The average molecular weight is 255 g/mol. The fourth-order valence-electron chi connectivity index (χ4n) is 2.52. The minimum absolute atomic E-state index is 0.0366. The average Bonchev–Trinajstić information content (AvgIpc) is 2.46. The van der Waals surface area contributed by atoms with Gasteiger partial charge in [-0.2, -0.15) is 0 Å². The summed E-state index contributed by atoms with van der Waals surface area (Å²) < 4.78 is 5.24. The van der Waals surface area contributed by atoms with Crippen molar-refractivity contribution in [3.63, 3.8) is 0 Å².